The molecule has 0 aliphatic heterocycles. The van der Waals surface area contributed by atoms with E-state index in [1.54, 1.807) is 0 Å². The molecule has 52 heavy (non-hydrogen) atoms. The van der Waals surface area contributed by atoms with Gasteiger partial charge in [0.25, 0.3) is 0 Å². The number of hydrogen-bond acceptors (Lipinski definition) is 1. The number of fused-ring (bicyclic) bond motifs is 6. The number of thiophene rings is 1. The molecule has 2 heterocycles. The molecule has 2 aromatic heterocycles. The van der Waals surface area contributed by atoms with Crippen molar-refractivity contribution in [2.45, 2.75) is 13.8 Å². The molecule has 1 nitrogen and oxygen atoms in total. The summed E-state index contributed by atoms with van der Waals surface area (Å²) in [5.41, 5.74) is 13.1. The van der Waals surface area contributed by atoms with Gasteiger partial charge in [-0.25, -0.2) is 0 Å². The molecular formula is C50H37NS. The molecule has 0 N–H and O–H groups in total. The molecule has 9 rings (SSSR count). The van der Waals surface area contributed by atoms with Gasteiger partial charge >= 0.3 is 0 Å². The highest BCUT2D eigenvalue weighted by Crippen LogP contribution is 2.46. The summed E-state index contributed by atoms with van der Waals surface area (Å²) in [5.74, 6) is 0. The van der Waals surface area contributed by atoms with Gasteiger partial charge in [-0.3, -0.25) is 0 Å². The maximum Gasteiger partial charge on any atom is 0.0552 e. The van der Waals surface area contributed by atoms with E-state index in [1.807, 2.05) is 11.3 Å². The van der Waals surface area contributed by atoms with Crippen LogP contribution in [0.5, 0.6) is 0 Å². The number of para-hydroxylation sites is 2. The quantitative estimate of drug-likeness (QED) is 0.147. The fraction of sp³-hybridized carbons (Fsp3) is 0.0400. The van der Waals surface area contributed by atoms with E-state index in [0.29, 0.717) is 0 Å². The van der Waals surface area contributed by atoms with Crippen LogP contribution in [0, 0.1) is 0 Å². The molecule has 2 heteroatoms. The Morgan fingerprint density at radius 2 is 1.15 bits per heavy atom. The van der Waals surface area contributed by atoms with Crippen molar-refractivity contribution in [3.8, 4) is 39.1 Å². The van der Waals surface area contributed by atoms with Crippen LogP contribution in [0.3, 0.4) is 0 Å². The van der Waals surface area contributed by atoms with E-state index in [0.717, 1.165) is 5.69 Å². The molecule has 0 bridgehead atoms. The molecule has 0 saturated heterocycles. The maximum absolute atomic E-state index is 2.49. The van der Waals surface area contributed by atoms with Gasteiger partial charge in [0.15, 0.2) is 0 Å². The van der Waals surface area contributed by atoms with Crippen molar-refractivity contribution in [1.29, 1.82) is 0 Å². The van der Waals surface area contributed by atoms with Crippen molar-refractivity contribution < 1.29 is 0 Å². The van der Waals surface area contributed by atoms with Gasteiger partial charge in [0.05, 0.1) is 16.7 Å². The highest BCUT2D eigenvalue weighted by atomic mass is 32.1. The first-order chi connectivity index (χ1) is 25.7. The number of hydrogen-bond donors (Lipinski definition) is 0. The molecule has 0 atom stereocenters. The molecule has 248 valence electrons. The van der Waals surface area contributed by atoms with Crippen molar-refractivity contribution in [2.75, 3.05) is 0 Å². The van der Waals surface area contributed by atoms with Gasteiger partial charge in [-0.15, -0.1) is 11.3 Å². The molecule has 0 unspecified atom stereocenters. The number of aromatic nitrogens is 1. The van der Waals surface area contributed by atoms with Crippen molar-refractivity contribution in [2.24, 2.45) is 0 Å². The summed E-state index contributed by atoms with van der Waals surface area (Å²) < 4.78 is 5.12. The van der Waals surface area contributed by atoms with E-state index in [-0.39, 0.29) is 0 Å². The molecule has 0 spiro atoms. The van der Waals surface area contributed by atoms with Crippen molar-refractivity contribution in [1.82, 2.24) is 4.57 Å². The van der Waals surface area contributed by atoms with Crippen LogP contribution in [0.1, 0.15) is 19.4 Å². The standard InChI is InChI=1S/C50H37NS/c1-3-5-7-18-34(4-2)38-21-10-11-22-39(38)44-32-37(36-29-30-49-43(31-36)42-25-14-17-28-48(42)52-49)33-47(50(44)35-19-8-6-9-20-35)51-45-26-15-12-23-40(45)41-24-13-16-27-46(41)51/h3-33H,1-2H3/b5-3-,18-7-,34-4-. The van der Waals surface area contributed by atoms with Gasteiger partial charge in [0, 0.05) is 36.5 Å². The second kappa shape index (κ2) is 13.5. The predicted octanol–water partition coefficient (Wildman–Crippen LogP) is 14.7. The van der Waals surface area contributed by atoms with E-state index in [2.05, 4.69) is 207 Å². The minimum Gasteiger partial charge on any atom is -0.309 e. The molecule has 0 amide bonds. The number of allylic oxidation sites excluding steroid dienone is 6. The fourth-order valence-corrected chi connectivity index (χ4v) is 8.85. The first-order valence-corrected chi connectivity index (χ1v) is 18.7. The summed E-state index contributed by atoms with van der Waals surface area (Å²) in [7, 11) is 0. The van der Waals surface area contributed by atoms with Crippen LogP contribution in [-0.2, 0) is 0 Å². The monoisotopic (exact) mass is 683 g/mol. The number of rotatable bonds is 7. The van der Waals surface area contributed by atoms with E-state index in [9.17, 15) is 0 Å². The molecule has 0 aliphatic carbocycles. The summed E-state index contributed by atoms with van der Waals surface area (Å²) in [6.07, 6.45) is 10.7. The Labute approximate surface area is 308 Å². The molecule has 0 saturated carbocycles. The zero-order valence-corrected chi connectivity index (χ0v) is 30.1. The lowest BCUT2D eigenvalue weighted by Crippen LogP contribution is -2.01. The smallest absolute Gasteiger partial charge is 0.0552 e. The topological polar surface area (TPSA) is 4.93 Å². The molecule has 7 aromatic carbocycles. The number of nitrogens with zero attached hydrogens (tertiary/aromatic N) is 1. The third-order valence-corrected chi connectivity index (χ3v) is 11.3. The van der Waals surface area contributed by atoms with Crippen molar-refractivity contribution in [3.63, 3.8) is 0 Å². The van der Waals surface area contributed by atoms with Crippen molar-refractivity contribution in [3.05, 3.63) is 194 Å². The Balaban J connectivity index is 1.43. The van der Waals surface area contributed by atoms with Gasteiger partial charge in [0.2, 0.25) is 0 Å². The normalized spacial score (nSPS) is 12.4. The average Bonchev–Trinajstić information content (AvgIpc) is 3.75. The summed E-state index contributed by atoms with van der Waals surface area (Å²) in [6.45, 7) is 4.18. The van der Waals surface area contributed by atoms with E-state index in [4.69, 9.17) is 0 Å². The van der Waals surface area contributed by atoms with Crippen LogP contribution in [0.4, 0.5) is 0 Å². The summed E-state index contributed by atoms with van der Waals surface area (Å²) in [5, 5.41) is 5.11. The Kier molecular flexibility index (Phi) is 8.23. The second-order valence-corrected chi connectivity index (χ2v) is 14.2. The van der Waals surface area contributed by atoms with Crippen LogP contribution >= 0.6 is 11.3 Å². The minimum absolute atomic E-state index is 1.16. The zero-order valence-electron chi connectivity index (χ0n) is 29.3. The van der Waals surface area contributed by atoms with Crippen LogP contribution in [0.25, 0.3) is 86.6 Å². The minimum atomic E-state index is 1.16. The van der Waals surface area contributed by atoms with Crippen molar-refractivity contribution >= 4 is 58.9 Å². The van der Waals surface area contributed by atoms with Crippen LogP contribution in [-0.4, -0.2) is 4.57 Å². The van der Waals surface area contributed by atoms with Gasteiger partial charge < -0.3 is 4.57 Å². The molecule has 0 fully saturated rings. The van der Waals surface area contributed by atoms with Crippen LogP contribution in [0.2, 0.25) is 0 Å². The average molecular weight is 684 g/mol. The third-order valence-electron chi connectivity index (χ3n) is 10.1. The lowest BCUT2D eigenvalue weighted by atomic mass is 9.85. The highest BCUT2D eigenvalue weighted by Gasteiger charge is 2.22. The Morgan fingerprint density at radius 3 is 1.90 bits per heavy atom. The van der Waals surface area contributed by atoms with Gasteiger partial charge in [-0.2, -0.15) is 0 Å². The van der Waals surface area contributed by atoms with Gasteiger partial charge in [-0.1, -0.05) is 146 Å². The first-order valence-electron chi connectivity index (χ1n) is 17.9. The van der Waals surface area contributed by atoms with E-state index >= 15 is 0 Å². The first kappa shape index (κ1) is 31.7. The molecule has 0 radical (unpaired) electrons. The Morgan fingerprint density at radius 1 is 0.500 bits per heavy atom. The second-order valence-electron chi connectivity index (χ2n) is 13.1. The van der Waals surface area contributed by atoms with Crippen LogP contribution < -0.4 is 0 Å². The summed E-state index contributed by atoms with van der Waals surface area (Å²) >= 11 is 1.86. The fourth-order valence-electron chi connectivity index (χ4n) is 7.76. The molecule has 9 aromatic rings. The largest absolute Gasteiger partial charge is 0.309 e. The van der Waals surface area contributed by atoms with Gasteiger partial charge in [-0.05, 0) is 95.3 Å². The number of benzene rings is 7. The predicted molar refractivity (Wildman–Crippen MR) is 228 cm³/mol. The van der Waals surface area contributed by atoms with E-state index < -0.39 is 0 Å². The highest BCUT2D eigenvalue weighted by molar-refractivity contribution is 7.25. The molecular weight excluding hydrogens is 647 g/mol. The lowest BCUT2D eigenvalue weighted by molar-refractivity contribution is 1.18. The van der Waals surface area contributed by atoms with Crippen LogP contribution in [0.15, 0.2) is 188 Å². The Hall–Kier alpha value is -6.22. The third kappa shape index (κ3) is 5.40. The maximum atomic E-state index is 2.49. The zero-order chi connectivity index (χ0) is 35.0. The van der Waals surface area contributed by atoms with Gasteiger partial charge in [0.1, 0.15) is 0 Å². The SMILES string of the molecule is C\C=C/C=C\C(=C\C)c1ccccc1-c1cc(-c2ccc3sc4ccccc4c3c2)cc(-n2c3ccccc3c3ccccc32)c1-c1ccccc1. The summed E-state index contributed by atoms with van der Waals surface area (Å²) in [4.78, 5) is 0. The summed E-state index contributed by atoms with van der Waals surface area (Å²) in [6, 6.07) is 58.1. The lowest BCUT2D eigenvalue weighted by Gasteiger charge is -2.22. The Bertz CT molecular complexity index is 2810. The van der Waals surface area contributed by atoms with E-state index in [1.165, 1.54) is 86.5 Å². The molecule has 0 aliphatic rings.